The predicted molar refractivity (Wildman–Crippen MR) is 153 cm³/mol. The van der Waals surface area contributed by atoms with Crippen molar-refractivity contribution in [2.24, 2.45) is 17.8 Å². The Morgan fingerprint density at radius 1 is 0.946 bits per heavy atom. The highest BCUT2D eigenvalue weighted by atomic mass is 16.3. The van der Waals surface area contributed by atoms with Gasteiger partial charge in [-0.2, -0.15) is 0 Å². The summed E-state index contributed by atoms with van der Waals surface area (Å²) >= 11 is 0. The first-order valence-corrected chi connectivity index (χ1v) is 13.9. The molecule has 3 nitrogen and oxygen atoms in total. The summed E-state index contributed by atoms with van der Waals surface area (Å²) in [5, 5.41) is 20.6. The van der Waals surface area contributed by atoms with Crippen molar-refractivity contribution < 1.29 is 15.0 Å². The molecule has 2 fully saturated rings. The second-order valence-electron chi connectivity index (χ2n) is 12.8. The Morgan fingerprint density at radius 3 is 2.27 bits per heavy atom. The van der Waals surface area contributed by atoms with E-state index >= 15 is 0 Å². The average molecular weight is 501 g/mol. The molecule has 2 aromatic rings. The normalized spacial score (nSPS) is 27.2. The fraction of sp³-hybridized carbons (Fsp3) is 0.500. The molecule has 0 amide bonds. The third-order valence-electron chi connectivity index (χ3n) is 9.54. The van der Waals surface area contributed by atoms with Gasteiger partial charge < -0.3 is 10.2 Å². The van der Waals surface area contributed by atoms with Crippen LogP contribution in [0.15, 0.2) is 60.9 Å². The second kappa shape index (κ2) is 10.6. The molecule has 0 saturated heterocycles. The van der Waals surface area contributed by atoms with Crippen LogP contribution in [-0.2, 0) is 15.6 Å². The Hall–Kier alpha value is -2.65. The number of benzene rings is 2. The molecular formula is C34H44O3. The van der Waals surface area contributed by atoms with E-state index in [1.165, 1.54) is 31.2 Å². The number of aliphatic hydroxyl groups excluding tert-OH is 1. The third-order valence-corrected chi connectivity index (χ3v) is 9.54. The van der Waals surface area contributed by atoms with Crippen molar-refractivity contribution in [1.82, 2.24) is 0 Å². The topological polar surface area (TPSA) is 57.5 Å². The summed E-state index contributed by atoms with van der Waals surface area (Å²) in [7, 11) is 0. The summed E-state index contributed by atoms with van der Waals surface area (Å²) in [6, 6.07) is 16.8. The lowest BCUT2D eigenvalue weighted by atomic mass is 9.53. The van der Waals surface area contributed by atoms with E-state index in [-0.39, 0.29) is 5.41 Å². The van der Waals surface area contributed by atoms with Gasteiger partial charge in [0.1, 0.15) is 6.29 Å². The molecule has 3 heteroatoms. The van der Waals surface area contributed by atoms with Gasteiger partial charge in [-0.3, -0.25) is 4.79 Å². The maximum Gasteiger partial charge on any atom is 0.143 e. The Morgan fingerprint density at radius 2 is 1.59 bits per heavy atom. The van der Waals surface area contributed by atoms with Gasteiger partial charge in [0.25, 0.3) is 0 Å². The van der Waals surface area contributed by atoms with E-state index in [1.807, 2.05) is 31.2 Å². The van der Waals surface area contributed by atoms with Crippen LogP contribution in [0.4, 0.5) is 0 Å². The number of hydrogen-bond donors (Lipinski definition) is 2. The molecule has 37 heavy (non-hydrogen) atoms. The Balaban J connectivity index is 1.67. The number of allylic oxidation sites excluding steroid dienone is 2. The van der Waals surface area contributed by atoms with Gasteiger partial charge >= 0.3 is 0 Å². The Kier molecular flexibility index (Phi) is 7.85. The van der Waals surface area contributed by atoms with Gasteiger partial charge in [0, 0.05) is 5.41 Å². The zero-order valence-corrected chi connectivity index (χ0v) is 23.2. The molecule has 0 aliphatic heterocycles. The fourth-order valence-corrected chi connectivity index (χ4v) is 7.44. The number of aliphatic hydroxyl groups is 2. The van der Waals surface area contributed by atoms with E-state index in [9.17, 15) is 15.0 Å². The number of hydrogen-bond acceptors (Lipinski definition) is 3. The lowest BCUT2D eigenvalue weighted by molar-refractivity contribution is -0.104. The molecule has 198 valence electrons. The van der Waals surface area contributed by atoms with E-state index in [2.05, 4.69) is 52.0 Å². The average Bonchev–Trinajstić information content (AvgIpc) is 2.87. The SMILES string of the molecule is CC1(O)CC2CCCCC2C(C(C)(C)c2ccc(C(C)(C)/C(=C/C=O)c3ccccc3/C=C/O)cc2)C1. The third kappa shape index (κ3) is 5.48. The molecule has 4 rings (SSSR count). The van der Waals surface area contributed by atoms with Crippen LogP contribution in [0, 0.1) is 17.8 Å². The van der Waals surface area contributed by atoms with Crippen LogP contribution in [0.1, 0.15) is 95.4 Å². The first-order valence-electron chi connectivity index (χ1n) is 13.9. The van der Waals surface area contributed by atoms with E-state index in [0.717, 1.165) is 47.7 Å². The molecule has 4 unspecified atom stereocenters. The van der Waals surface area contributed by atoms with Crippen LogP contribution in [0.25, 0.3) is 11.6 Å². The van der Waals surface area contributed by atoms with E-state index in [0.29, 0.717) is 17.8 Å². The van der Waals surface area contributed by atoms with Gasteiger partial charge in [-0.25, -0.2) is 0 Å². The Labute approximate surface area is 223 Å². The number of carbonyl (C=O) groups excluding carboxylic acids is 1. The van der Waals surface area contributed by atoms with Crippen LogP contribution in [-0.4, -0.2) is 22.1 Å². The smallest absolute Gasteiger partial charge is 0.143 e. The van der Waals surface area contributed by atoms with E-state index in [1.54, 1.807) is 12.2 Å². The lowest BCUT2D eigenvalue weighted by Gasteiger charge is -2.53. The molecule has 2 N–H and O–H groups in total. The molecule has 2 aliphatic carbocycles. The van der Waals surface area contributed by atoms with Crippen LogP contribution >= 0.6 is 0 Å². The van der Waals surface area contributed by atoms with Gasteiger partial charge in [-0.15, -0.1) is 0 Å². The van der Waals surface area contributed by atoms with Crippen LogP contribution in [0.3, 0.4) is 0 Å². The van der Waals surface area contributed by atoms with Crippen molar-refractivity contribution >= 4 is 17.9 Å². The van der Waals surface area contributed by atoms with Gasteiger partial charge in [0.15, 0.2) is 0 Å². The van der Waals surface area contributed by atoms with Crippen LogP contribution in [0.5, 0.6) is 0 Å². The molecule has 2 saturated carbocycles. The van der Waals surface area contributed by atoms with Gasteiger partial charge in [0.05, 0.1) is 11.9 Å². The molecule has 0 heterocycles. The van der Waals surface area contributed by atoms with Crippen molar-refractivity contribution in [3.8, 4) is 0 Å². The zero-order chi connectivity index (χ0) is 26.8. The molecule has 2 aliphatic rings. The highest BCUT2D eigenvalue weighted by Crippen LogP contribution is 2.54. The second-order valence-corrected chi connectivity index (χ2v) is 12.8. The summed E-state index contributed by atoms with van der Waals surface area (Å²) in [6.45, 7) is 11.1. The highest BCUT2D eigenvalue weighted by molar-refractivity contribution is 5.89. The van der Waals surface area contributed by atoms with Crippen molar-refractivity contribution in [3.05, 3.63) is 83.1 Å². The number of rotatable bonds is 7. The first-order chi connectivity index (χ1) is 17.5. The molecule has 0 bridgehead atoms. The molecular weight excluding hydrogens is 456 g/mol. The van der Waals surface area contributed by atoms with E-state index in [4.69, 9.17) is 0 Å². The number of carbonyl (C=O) groups is 1. The molecule has 0 aromatic heterocycles. The molecule has 0 spiro atoms. The van der Waals surface area contributed by atoms with Gasteiger partial charge in [0.2, 0.25) is 0 Å². The fourth-order valence-electron chi connectivity index (χ4n) is 7.44. The monoisotopic (exact) mass is 500 g/mol. The summed E-state index contributed by atoms with van der Waals surface area (Å²) < 4.78 is 0. The minimum Gasteiger partial charge on any atom is -0.516 e. The van der Waals surface area contributed by atoms with Gasteiger partial charge in [-0.05, 0) is 89.3 Å². The maximum atomic E-state index is 11.7. The quantitative estimate of drug-likeness (QED) is 0.230. The standard InChI is InChI=1S/C34H44O3/c1-32(2,30(19-21-36)28-12-8-6-10-24(28)18-20-35)26-14-16-27(17-15-26)33(3,4)31-23-34(5,37)22-25-11-7-9-13-29(25)31/h6,8,10,12,14-21,25,29,31,35,37H,7,9,11,13,22-23H2,1-5H3/b20-18+,30-19+. The number of aldehydes is 1. The predicted octanol–water partition coefficient (Wildman–Crippen LogP) is 8.02. The van der Waals surface area contributed by atoms with Crippen molar-refractivity contribution in [1.29, 1.82) is 0 Å². The summed E-state index contributed by atoms with van der Waals surface area (Å²) in [5.74, 6) is 1.76. The van der Waals surface area contributed by atoms with Gasteiger partial charge in [-0.1, -0.05) is 95.5 Å². The van der Waals surface area contributed by atoms with Crippen molar-refractivity contribution in [2.45, 2.75) is 89.6 Å². The highest BCUT2D eigenvalue weighted by Gasteiger charge is 2.49. The van der Waals surface area contributed by atoms with Crippen LogP contribution < -0.4 is 0 Å². The summed E-state index contributed by atoms with van der Waals surface area (Å²) in [5.41, 5.74) is 4.10. The maximum absolute atomic E-state index is 11.7. The van der Waals surface area contributed by atoms with Crippen molar-refractivity contribution in [2.75, 3.05) is 0 Å². The first kappa shape index (κ1) is 27.4. The summed E-state index contributed by atoms with van der Waals surface area (Å²) in [6.07, 6.45) is 12.1. The Bertz CT molecular complexity index is 1150. The largest absolute Gasteiger partial charge is 0.516 e. The zero-order valence-electron chi connectivity index (χ0n) is 23.2. The molecule has 2 aromatic carbocycles. The summed E-state index contributed by atoms with van der Waals surface area (Å²) in [4.78, 5) is 11.7. The molecule has 0 radical (unpaired) electrons. The number of fused-ring (bicyclic) bond motifs is 1. The molecule has 4 atom stereocenters. The van der Waals surface area contributed by atoms with E-state index < -0.39 is 11.0 Å². The minimum absolute atomic E-state index is 0.0483. The van der Waals surface area contributed by atoms with Crippen molar-refractivity contribution in [3.63, 3.8) is 0 Å². The van der Waals surface area contributed by atoms with Crippen LogP contribution in [0.2, 0.25) is 0 Å². The minimum atomic E-state index is -0.590. The lowest BCUT2D eigenvalue weighted by Crippen LogP contribution is -2.49.